The number of aryl methyl sites for hydroxylation is 1. The second-order valence-corrected chi connectivity index (χ2v) is 6.50. The van der Waals surface area contributed by atoms with E-state index in [1.165, 1.54) is 11.8 Å². The third kappa shape index (κ3) is 2.96. The second-order valence-electron chi connectivity index (χ2n) is 5.56. The fourth-order valence-electron chi connectivity index (χ4n) is 2.61. The predicted molar refractivity (Wildman–Crippen MR) is 84.3 cm³/mol. The minimum absolute atomic E-state index is 0.0246. The third-order valence-corrected chi connectivity index (χ3v) is 4.97. The molecule has 1 N–H and O–H groups in total. The molecule has 0 aromatic carbocycles. The summed E-state index contributed by atoms with van der Waals surface area (Å²) in [7, 11) is 1.97. The number of aromatic nitrogens is 4. The summed E-state index contributed by atoms with van der Waals surface area (Å²) in [6, 6.07) is 1.94. The number of ether oxygens (including phenoxy) is 1. The van der Waals surface area contributed by atoms with E-state index >= 15 is 0 Å². The summed E-state index contributed by atoms with van der Waals surface area (Å²) in [4.78, 5) is 16.8. The van der Waals surface area contributed by atoms with Crippen LogP contribution in [0, 0.1) is 13.8 Å². The highest BCUT2D eigenvalue weighted by atomic mass is 32.2. The number of thioether (sulfide) groups is 1. The molecule has 1 fully saturated rings. The zero-order valence-electron chi connectivity index (χ0n) is 13.0. The molecule has 1 aliphatic rings. The molecule has 0 amide bonds. The van der Waals surface area contributed by atoms with Crippen molar-refractivity contribution in [3.8, 4) is 0 Å². The summed E-state index contributed by atoms with van der Waals surface area (Å²) in [6.45, 7) is 4.74. The van der Waals surface area contributed by atoms with E-state index in [0.717, 1.165) is 42.2 Å². The first-order chi connectivity index (χ1) is 10.6. The number of aromatic amines is 1. The maximum absolute atomic E-state index is 12.3. The number of hydrogen-bond acceptors (Lipinski definition) is 5. The lowest BCUT2D eigenvalue weighted by atomic mass is 10.2. The van der Waals surface area contributed by atoms with Crippen LogP contribution < -0.4 is 0 Å². The first kappa shape index (κ1) is 15.3. The van der Waals surface area contributed by atoms with Gasteiger partial charge in [0.15, 0.2) is 11.6 Å². The minimum atomic E-state index is 0.0246. The van der Waals surface area contributed by atoms with Gasteiger partial charge in [-0.25, -0.2) is 4.98 Å². The first-order valence-electron chi connectivity index (χ1n) is 7.39. The quantitative estimate of drug-likeness (QED) is 0.677. The molecule has 3 rings (SSSR count). The molecule has 0 spiro atoms. The Labute approximate surface area is 133 Å². The second kappa shape index (κ2) is 6.26. The molecular formula is C15H20N4O2S. The maximum Gasteiger partial charge on any atom is 0.208 e. The monoisotopic (exact) mass is 320 g/mol. The number of H-pyrrole nitrogens is 1. The lowest BCUT2D eigenvalue weighted by molar-refractivity contribution is 0.102. The van der Waals surface area contributed by atoms with Gasteiger partial charge in [-0.05, 0) is 32.8 Å². The van der Waals surface area contributed by atoms with Crippen LogP contribution in [0.2, 0.25) is 0 Å². The number of Topliss-reactive ketones (excluding diaryl/α,β-unsaturated/α-hetero) is 1. The summed E-state index contributed by atoms with van der Waals surface area (Å²) in [5.74, 6) is 1.21. The molecule has 0 bridgehead atoms. The van der Waals surface area contributed by atoms with Gasteiger partial charge in [0, 0.05) is 30.6 Å². The van der Waals surface area contributed by atoms with Gasteiger partial charge in [-0.1, -0.05) is 11.8 Å². The predicted octanol–water partition coefficient (Wildman–Crippen LogP) is 2.59. The summed E-state index contributed by atoms with van der Waals surface area (Å²) in [5, 5.41) is 7.68. The normalized spacial score (nSPS) is 18.0. The van der Waals surface area contributed by atoms with Gasteiger partial charge in [-0.15, -0.1) is 5.10 Å². The van der Waals surface area contributed by atoms with E-state index in [9.17, 15) is 4.79 Å². The van der Waals surface area contributed by atoms with Gasteiger partial charge in [0.05, 0.1) is 5.75 Å². The number of hydrogen-bond donors (Lipinski definition) is 1. The smallest absolute Gasteiger partial charge is 0.208 e. The Morgan fingerprint density at radius 2 is 2.36 bits per heavy atom. The van der Waals surface area contributed by atoms with Crippen LogP contribution >= 0.6 is 11.8 Å². The number of rotatable bonds is 5. The van der Waals surface area contributed by atoms with Crippen molar-refractivity contribution in [1.82, 2.24) is 19.7 Å². The molecule has 0 radical (unpaired) electrons. The van der Waals surface area contributed by atoms with Crippen LogP contribution in [0.15, 0.2) is 11.2 Å². The lowest BCUT2D eigenvalue weighted by Crippen LogP contribution is -2.04. The highest BCUT2D eigenvalue weighted by Gasteiger charge is 2.22. The van der Waals surface area contributed by atoms with Gasteiger partial charge in [0.2, 0.25) is 5.16 Å². The highest BCUT2D eigenvalue weighted by Crippen LogP contribution is 2.27. The van der Waals surface area contributed by atoms with E-state index in [1.807, 2.05) is 31.5 Å². The van der Waals surface area contributed by atoms with E-state index in [2.05, 4.69) is 15.2 Å². The van der Waals surface area contributed by atoms with Crippen molar-refractivity contribution >= 4 is 17.5 Å². The van der Waals surface area contributed by atoms with Crippen molar-refractivity contribution < 1.29 is 9.53 Å². The molecule has 1 atom stereocenters. The van der Waals surface area contributed by atoms with Crippen molar-refractivity contribution in [1.29, 1.82) is 0 Å². The standard InChI is InChI=1S/C15H20N4O2S/c1-9-7-11(10(2)19(9)3)12(20)8-22-15-16-14(17-18-15)13-5-4-6-21-13/h7,13H,4-6,8H2,1-3H3,(H,16,17,18). The van der Waals surface area contributed by atoms with Gasteiger partial charge < -0.3 is 9.30 Å². The van der Waals surface area contributed by atoms with E-state index in [4.69, 9.17) is 4.74 Å². The minimum Gasteiger partial charge on any atom is -0.370 e. The van der Waals surface area contributed by atoms with E-state index in [0.29, 0.717) is 10.9 Å². The van der Waals surface area contributed by atoms with Gasteiger partial charge in [0.25, 0.3) is 0 Å². The van der Waals surface area contributed by atoms with Crippen LogP contribution in [0.3, 0.4) is 0 Å². The zero-order chi connectivity index (χ0) is 15.7. The van der Waals surface area contributed by atoms with E-state index < -0.39 is 0 Å². The molecular weight excluding hydrogens is 300 g/mol. The average Bonchev–Trinajstić information content (AvgIpc) is 3.22. The maximum atomic E-state index is 12.3. The molecule has 1 unspecified atom stereocenters. The van der Waals surface area contributed by atoms with Crippen molar-refractivity contribution in [2.45, 2.75) is 37.9 Å². The Morgan fingerprint density at radius 1 is 1.55 bits per heavy atom. The van der Waals surface area contributed by atoms with Crippen LogP contribution in [-0.4, -0.2) is 37.9 Å². The number of ketones is 1. The zero-order valence-corrected chi connectivity index (χ0v) is 13.9. The van der Waals surface area contributed by atoms with Crippen LogP contribution in [-0.2, 0) is 11.8 Å². The molecule has 1 aliphatic heterocycles. The first-order valence-corrected chi connectivity index (χ1v) is 8.37. The van der Waals surface area contributed by atoms with Crippen molar-refractivity contribution in [2.24, 2.45) is 7.05 Å². The summed E-state index contributed by atoms with van der Waals surface area (Å²) in [5.41, 5.74) is 2.87. The van der Waals surface area contributed by atoms with Crippen molar-refractivity contribution in [2.75, 3.05) is 12.4 Å². The lowest BCUT2D eigenvalue weighted by Gasteiger charge is -2.03. The largest absolute Gasteiger partial charge is 0.370 e. The summed E-state index contributed by atoms with van der Waals surface area (Å²) in [6.07, 6.45) is 2.05. The molecule has 0 saturated carbocycles. The Kier molecular flexibility index (Phi) is 4.35. The molecule has 1 saturated heterocycles. The Bertz CT molecular complexity index is 686. The number of carbonyl (C=O) groups excluding carboxylic acids is 1. The van der Waals surface area contributed by atoms with Crippen molar-refractivity contribution in [3.63, 3.8) is 0 Å². The number of nitrogens with one attached hydrogen (secondary N) is 1. The Balaban J connectivity index is 1.62. The molecule has 7 heteroatoms. The molecule has 2 aromatic heterocycles. The van der Waals surface area contributed by atoms with Crippen LogP contribution in [0.25, 0.3) is 0 Å². The van der Waals surface area contributed by atoms with E-state index in [-0.39, 0.29) is 11.9 Å². The van der Waals surface area contributed by atoms with Gasteiger partial charge in [0.1, 0.15) is 6.10 Å². The van der Waals surface area contributed by atoms with Crippen LogP contribution in [0.4, 0.5) is 0 Å². The molecule has 0 aliphatic carbocycles. The summed E-state index contributed by atoms with van der Waals surface area (Å²) >= 11 is 1.36. The molecule has 2 aromatic rings. The SMILES string of the molecule is Cc1cc(C(=O)CSc2n[nH]c(C3CCCO3)n2)c(C)n1C. The fourth-order valence-corrected chi connectivity index (χ4v) is 3.29. The van der Waals surface area contributed by atoms with Gasteiger partial charge in [-0.3, -0.25) is 9.89 Å². The van der Waals surface area contributed by atoms with Gasteiger partial charge in [-0.2, -0.15) is 0 Å². The van der Waals surface area contributed by atoms with Gasteiger partial charge >= 0.3 is 0 Å². The average molecular weight is 320 g/mol. The molecule has 3 heterocycles. The van der Waals surface area contributed by atoms with Crippen LogP contribution in [0.5, 0.6) is 0 Å². The molecule has 6 nitrogen and oxygen atoms in total. The molecule has 22 heavy (non-hydrogen) atoms. The topological polar surface area (TPSA) is 72.8 Å². The van der Waals surface area contributed by atoms with Crippen molar-refractivity contribution in [3.05, 3.63) is 28.8 Å². The van der Waals surface area contributed by atoms with E-state index in [1.54, 1.807) is 0 Å². The third-order valence-electron chi connectivity index (χ3n) is 4.12. The number of carbonyl (C=O) groups is 1. The highest BCUT2D eigenvalue weighted by molar-refractivity contribution is 7.99. The van der Waals surface area contributed by atoms with Crippen LogP contribution in [0.1, 0.15) is 46.5 Å². The summed E-state index contributed by atoms with van der Waals surface area (Å²) < 4.78 is 7.59. The Morgan fingerprint density at radius 3 is 3.00 bits per heavy atom. The Hall–Kier alpha value is -1.60. The fraction of sp³-hybridized carbons (Fsp3) is 0.533. The molecule has 118 valence electrons. The number of nitrogens with zero attached hydrogens (tertiary/aromatic N) is 3.